The molecule has 3 N–H and O–H groups in total. The molecule has 0 saturated carbocycles. The molecule has 0 aliphatic rings. The summed E-state index contributed by atoms with van der Waals surface area (Å²) in [4.78, 5) is 2.53. The van der Waals surface area contributed by atoms with Crippen LogP contribution in [0.2, 0.25) is 0 Å². The summed E-state index contributed by atoms with van der Waals surface area (Å²) in [5.41, 5.74) is 5.29. The molecule has 1 heterocycles. The number of halogens is 1. The highest BCUT2D eigenvalue weighted by molar-refractivity contribution is 9.10. The molecule has 2 rings (SSSR count). The minimum atomic E-state index is 0.0607. The number of rotatable bonds is 3. The lowest BCUT2D eigenvalue weighted by atomic mass is 10.0. The summed E-state index contributed by atoms with van der Waals surface area (Å²) in [6, 6.07) is 10.6. The van der Waals surface area contributed by atoms with Gasteiger partial charge in [-0.1, -0.05) is 28.1 Å². The largest absolute Gasteiger partial charge is 0.271 e. The number of hydrogen-bond donors (Lipinski definition) is 2. The first-order valence-corrected chi connectivity index (χ1v) is 7.01. The molecule has 17 heavy (non-hydrogen) atoms. The van der Waals surface area contributed by atoms with E-state index < -0.39 is 0 Å². The predicted octanol–water partition coefficient (Wildman–Crippen LogP) is 3.68. The summed E-state index contributed by atoms with van der Waals surface area (Å²) in [7, 11) is 0. The van der Waals surface area contributed by atoms with Crippen LogP contribution in [-0.2, 0) is 0 Å². The molecule has 1 unspecified atom stereocenters. The molecule has 4 heteroatoms. The van der Waals surface area contributed by atoms with Crippen LogP contribution in [0.5, 0.6) is 0 Å². The lowest BCUT2D eigenvalue weighted by molar-refractivity contribution is 0.646. The Balaban J connectivity index is 2.38. The highest BCUT2D eigenvalue weighted by Crippen LogP contribution is 2.30. The van der Waals surface area contributed by atoms with Gasteiger partial charge in [-0.25, -0.2) is 5.43 Å². The Labute approximate surface area is 114 Å². The van der Waals surface area contributed by atoms with E-state index in [1.807, 2.05) is 0 Å². The molecule has 1 atom stereocenters. The average Bonchev–Trinajstić information content (AvgIpc) is 2.71. The second-order valence-corrected chi connectivity index (χ2v) is 6.23. The Hall–Kier alpha value is -0.680. The summed E-state index contributed by atoms with van der Waals surface area (Å²) in [6.45, 7) is 4.18. The van der Waals surface area contributed by atoms with Crippen LogP contribution in [0.4, 0.5) is 0 Å². The predicted molar refractivity (Wildman–Crippen MR) is 77.1 cm³/mol. The number of nitrogens with two attached hydrogens (primary N) is 1. The van der Waals surface area contributed by atoms with Crippen molar-refractivity contribution in [3.63, 3.8) is 0 Å². The number of thiophene rings is 1. The van der Waals surface area contributed by atoms with Crippen molar-refractivity contribution in [1.82, 2.24) is 5.43 Å². The third-order valence-corrected chi connectivity index (χ3v) is 4.66. The maximum absolute atomic E-state index is 5.68. The van der Waals surface area contributed by atoms with Crippen molar-refractivity contribution in [3.05, 3.63) is 55.7 Å². The van der Waals surface area contributed by atoms with Crippen LogP contribution in [0.25, 0.3) is 0 Å². The van der Waals surface area contributed by atoms with Gasteiger partial charge in [0.15, 0.2) is 0 Å². The molecule has 0 aliphatic heterocycles. The fourth-order valence-corrected chi connectivity index (χ4v) is 3.10. The van der Waals surface area contributed by atoms with E-state index in [0.29, 0.717) is 0 Å². The van der Waals surface area contributed by atoms with Gasteiger partial charge in [-0.2, -0.15) is 0 Å². The molecule has 0 bridgehead atoms. The van der Waals surface area contributed by atoms with Crippen LogP contribution < -0.4 is 11.3 Å². The van der Waals surface area contributed by atoms with Crippen molar-refractivity contribution in [2.24, 2.45) is 5.84 Å². The topological polar surface area (TPSA) is 38.0 Å². The zero-order valence-corrected chi connectivity index (χ0v) is 12.2. The van der Waals surface area contributed by atoms with E-state index in [1.165, 1.54) is 20.9 Å². The van der Waals surface area contributed by atoms with Crippen LogP contribution in [-0.4, -0.2) is 0 Å². The van der Waals surface area contributed by atoms with Crippen molar-refractivity contribution in [2.45, 2.75) is 19.9 Å². The lowest BCUT2D eigenvalue weighted by Gasteiger charge is -2.15. The van der Waals surface area contributed by atoms with Crippen molar-refractivity contribution in [1.29, 1.82) is 0 Å². The van der Waals surface area contributed by atoms with Gasteiger partial charge < -0.3 is 0 Å². The third-order valence-electron chi connectivity index (χ3n) is 2.74. The van der Waals surface area contributed by atoms with Gasteiger partial charge in [0.05, 0.1) is 6.04 Å². The quantitative estimate of drug-likeness (QED) is 0.670. The van der Waals surface area contributed by atoms with Gasteiger partial charge in [-0.05, 0) is 43.2 Å². The summed E-state index contributed by atoms with van der Waals surface area (Å²) < 4.78 is 1.11. The van der Waals surface area contributed by atoms with Crippen LogP contribution in [0.3, 0.4) is 0 Å². The molecule has 0 aliphatic carbocycles. The van der Waals surface area contributed by atoms with Crippen molar-refractivity contribution in [3.8, 4) is 0 Å². The monoisotopic (exact) mass is 310 g/mol. The smallest absolute Gasteiger partial charge is 0.0803 e. The number of benzene rings is 1. The molecule has 0 saturated heterocycles. The van der Waals surface area contributed by atoms with Crippen LogP contribution >= 0.6 is 27.3 Å². The number of hydrazine groups is 1. The minimum absolute atomic E-state index is 0.0607. The Kier molecular flexibility index (Phi) is 3.99. The Morgan fingerprint density at radius 1 is 1.24 bits per heavy atom. The van der Waals surface area contributed by atoms with Crippen molar-refractivity contribution >= 4 is 27.3 Å². The van der Waals surface area contributed by atoms with Gasteiger partial charge >= 0.3 is 0 Å². The number of nitrogens with one attached hydrogen (secondary N) is 1. The first-order chi connectivity index (χ1) is 8.11. The summed E-state index contributed by atoms with van der Waals surface area (Å²) in [5, 5.41) is 0. The summed E-state index contributed by atoms with van der Waals surface area (Å²) in [5.74, 6) is 5.68. The highest BCUT2D eigenvalue weighted by Gasteiger charge is 2.14. The Morgan fingerprint density at radius 2 is 2.00 bits per heavy atom. The molecular formula is C13H15BrN2S. The van der Waals surface area contributed by atoms with Gasteiger partial charge in [0.2, 0.25) is 0 Å². The molecule has 2 aromatic rings. The minimum Gasteiger partial charge on any atom is -0.271 e. The van der Waals surface area contributed by atoms with Crippen molar-refractivity contribution < 1.29 is 0 Å². The molecule has 1 aromatic heterocycles. The average molecular weight is 311 g/mol. The fourth-order valence-electron chi connectivity index (χ4n) is 1.74. The fraction of sp³-hybridized carbons (Fsp3) is 0.231. The molecule has 0 fully saturated rings. The first kappa shape index (κ1) is 12.8. The molecule has 0 spiro atoms. The maximum atomic E-state index is 5.68. The molecule has 90 valence electrons. The van der Waals surface area contributed by atoms with Gasteiger partial charge in [0.1, 0.15) is 0 Å². The third kappa shape index (κ3) is 2.77. The Morgan fingerprint density at radius 3 is 2.53 bits per heavy atom. The molecule has 2 nitrogen and oxygen atoms in total. The van der Waals surface area contributed by atoms with E-state index in [0.717, 1.165) is 4.47 Å². The van der Waals surface area contributed by atoms with Crippen LogP contribution in [0, 0.1) is 13.8 Å². The van der Waals surface area contributed by atoms with Gasteiger partial charge in [0, 0.05) is 14.2 Å². The van der Waals surface area contributed by atoms with E-state index in [2.05, 4.69) is 65.5 Å². The SMILES string of the molecule is Cc1ccc(C(NN)c2ccc(C)c(Br)c2)s1. The van der Waals surface area contributed by atoms with E-state index in [-0.39, 0.29) is 6.04 Å². The van der Waals surface area contributed by atoms with E-state index in [1.54, 1.807) is 11.3 Å². The number of aryl methyl sites for hydroxylation is 2. The molecular weight excluding hydrogens is 296 g/mol. The Bertz CT molecular complexity index is 522. The molecule has 1 aromatic carbocycles. The normalized spacial score (nSPS) is 12.7. The molecule has 0 amide bonds. The standard InChI is InChI=1S/C13H15BrN2S/c1-8-3-5-10(7-11(8)14)13(16-15)12-6-4-9(2)17-12/h3-7,13,16H,15H2,1-2H3. The highest BCUT2D eigenvalue weighted by atomic mass is 79.9. The van der Waals surface area contributed by atoms with E-state index >= 15 is 0 Å². The molecule has 0 radical (unpaired) electrons. The summed E-state index contributed by atoms with van der Waals surface area (Å²) >= 11 is 5.32. The van der Waals surface area contributed by atoms with E-state index in [9.17, 15) is 0 Å². The first-order valence-electron chi connectivity index (χ1n) is 5.40. The lowest BCUT2D eigenvalue weighted by Crippen LogP contribution is -2.28. The number of hydrogen-bond acceptors (Lipinski definition) is 3. The zero-order chi connectivity index (χ0) is 12.4. The summed E-state index contributed by atoms with van der Waals surface area (Å²) in [6.07, 6.45) is 0. The van der Waals surface area contributed by atoms with Crippen molar-refractivity contribution in [2.75, 3.05) is 0 Å². The second kappa shape index (κ2) is 5.31. The second-order valence-electron chi connectivity index (χ2n) is 4.06. The van der Waals surface area contributed by atoms with Gasteiger partial charge in [-0.15, -0.1) is 11.3 Å². The van der Waals surface area contributed by atoms with Gasteiger partial charge in [-0.3, -0.25) is 5.84 Å². The van der Waals surface area contributed by atoms with Crippen LogP contribution in [0.1, 0.15) is 26.9 Å². The zero-order valence-electron chi connectivity index (χ0n) is 9.83. The maximum Gasteiger partial charge on any atom is 0.0803 e. The van der Waals surface area contributed by atoms with Crippen LogP contribution in [0.15, 0.2) is 34.8 Å². The van der Waals surface area contributed by atoms with Gasteiger partial charge in [0.25, 0.3) is 0 Å². The van der Waals surface area contributed by atoms with E-state index in [4.69, 9.17) is 5.84 Å².